The van der Waals surface area contributed by atoms with Gasteiger partial charge in [-0.15, -0.1) is 0 Å². The Morgan fingerprint density at radius 3 is 2.18 bits per heavy atom. The normalized spacial score (nSPS) is 23.3. The molecule has 5 rings (SSSR count). The Hall–Kier alpha value is -2.63. The minimum atomic E-state index is 0.275. The Bertz CT molecular complexity index is 996. The lowest BCUT2D eigenvalue weighted by Gasteiger charge is -2.41. The van der Waals surface area contributed by atoms with Crippen molar-refractivity contribution in [2.24, 2.45) is 0 Å². The molecule has 2 fully saturated rings. The fourth-order valence-corrected chi connectivity index (χ4v) is 5.38. The molecule has 174 valence electrons. The Morgan fingerprint density at radius 2 is 1.48 bits per heavy atom. The molecule has 0 bridgehead atoms. The van der Waals surface area contributed by atoms with E-state index in [1.807, 2.05) is 0 Å². The van der Waals surface area contributed by atoms with E-state index in [1.165, 1.54) is 63.0 Å². The predicted octanol–water partition coefficient (Wildman–Crippen LogP) is 5.45. The molecule has 1 aliphatic carbocycles. The average molecular weight is 444 g/mol. The van der Waals surface area contributed by atoms with Crippen molar-refractivity contribution >= 4 is 5.69 Å². The number of hydrogen-bond donors (Lipinski definition) is 1. The highest BCUT2D eigenvalue weighted by atomic mass is 15.3. The largest absolute Gasteiger partial charge is 0.379 e. The highest BCUT2D eigenvalue weighted by Gasteiger charge is 2.28. The molecule has 1 N–H and O–H groups in total. The highest BCUT2D eigenvalue weighted by molar-refractivity contribution is 5.62. The van der Waals surface area contributed by atoms with Crippen LogP contribution in [-0.4, -0.2) is 58.8 Å². The molecule has 0 spiro atoms. The fourth-order valence-electron chi connectivity index (χ4n) is 5.38. The summed E-state index contributed by atoms with van der Waals surface area (Å²) in [6.07, 6.45) is 7.24. The van der Waals surface area contributed by atoms with Gasteiger partial charge in [-0.05, 0) is 63.4 Å². The summed E-state index contributed by atoms with van der Waals surface area (Å²) in [5.41, 5.74) is 4.68. The second kappa shape index (κ2) is 10.1. The number of benzene rings is 2. The molecule has 2 aromatic carbocycles. The molecule has 3 aromatic rings. The fraction of sp³-hybridized carbons (Fsp3) is 0.464. The monoisotopic (exact) mass is 443 g/mol. The van der Waals surface area contributed by atoms with E-state index in [4.69, 9.17) is 5.10 Å². The molecule has 5 heteroatoms. The van der Waals surface area contributed by atoms with Gasteiger partial charge in [-0.3, -0.25) is 9.58 Å². The standard InChI is InChI=1S/C28H37N5/c1-22(23-6-4-3-5-7-23)29-25-10-8-24(9-11-25)28-16-17-33(30-28)27-14-12-26(13-15-27)32-20-18-31(2)19-21-32/h3-11,16-17,22,26-27,29H,12-15,18-21H2,1-2H3/t22?,26-,27+. The summed E-state index contributed by atoms with van der Waals surface area (Å²) in [6, 6.07) is 23.0. The molecule has 0 radical (unpaired) electrons. The van der Waals surface area contributed by atoms with Gasteiger partial charge in [0.1, 0.15) is 0 Å². The van der Waals surface area contributed by atoms with Gasteiger partial charge >= 0.3 is 0 Å². The highest BCUT2D eigenvalue weighted by Crippen LogP contribution is 2.32. The van der Waals surface area contributed by atoms with Crippen LogP contribution in [0.15, 0.2) is 66.9 Å². The van der Waals surface area contributed by atoms with E-state index >= 15 is 0 Å². The maximum atomic E-state index is 4.97. The van der Waals surface area contributed by atoms with Crippen LogP contribution in [0.25, 0.3) is 11.3 Å². The van der Waals surface area contributed by atoms with E-state index in [-0.39, 0.29) is 6.04 Å². The summed E-state index contributed by atoms with van der Waals surface area (Å²) in [7, 11) is 2.23. The van der Waals surface area contributed by atoms with Crippen LogP contribution in [0, 0.1) is 0 Å². The number of likely N-dealkylation sites (N-methyl/N-ethyl adjacent to an activating group) is 1. The third kappa shape index (κ3) is 5.31. The zero-order chi connectivity index (χ0) is 22.6. The summed E-state index contributed by atoms with van der Waals surface area (Å²) in [5, 5.41) is 8.56. The molecule has 1 atom stereocenters. The van der Waals surface area contributed by atoms with Gasteiger partial charge in [0, 0.05) is 55.7 Å². The van der Waals surface area contributed by atoms with Crippen molar-refractivity contribution in [1.82, 2.24) is 19.6 Å². The first-order valence-corrected chi connectivity index (χ1v) is 12.6. The van der Waals surface area contributed by atoms with Crippen LogP contribution < -0.4 is 5.32 Å². The SMILES string of the molecule is CC(Nc1ccc(-c2ccn([C@H]3CC[C@@H](N4CCN(C)CC4)CC3)n2)cc1)c1ccccc1. The Labute approximate surface area is 198 Å². The topological polar surface area (TPSA) is 36.3 Å². The van der Waals surface area contributed by atoms with Crippen LogP contribution in [-0.2, 0) is 0 Å². The summed E-state index contributed by atoms with van der Waals surface area (Å²) < 4.78 is 2.22. The molecule has 2 aliphatic rings. The number of anilines is 1. The number of rotatable bonds is 6. The Balaban J connectivity index is 1.16. The summed E-state index contributed by atoms with van der Waals surface area (Å²) in [5.74, 6) is 0. The van der Waals surface area contributed by atoms with Crippen LogP contribution in [0.4, 0.5) is 5.69 Å². The number of nitrogens with zero attached hydrogens (tertiary/aromatic N) is 4. The van der Waals surface area contributed by atoms with E-state index in [2.05, 4.69) is 101 Å². The van der Waals surface area contributed by atoms with Gasteiger partial charge < -0.3 is 10.2 Å². The first-order chi connectivity index (χ1) is 16.2. The van der Waals surface area contributed by atoms with Crippen LogP contribution in [0.1, 0.15) is 50.3 Å². The van der Waals surface area contributed by atoms with Crippen LogP contribution in [0.2, 0.25) is 0 Å². The molecule has 1 aliphatic heterocycles. The van der Waals surface area contributed by atoms with Crippen molar-refractivity contribution in [2.75, 3.05) is 38.5 Å². The van der Waals surface area contributed by atoms with E-state index in [0.29, 0.717) is 6.04 Å². The van der Waals surface area contributed by atoms with Gasteiger partial charge in [-0.25, -0.2) is 0 Å². The third-order valence-corrected chi connectivity index (χ3v) is 7.57. The van der Waals surface area contributed by atoms with Crippen LogP contribution in [0.3, 0.4) is 0 Å². The van der Waals surface area contributed by atoms with Crippen LogP contribution >= 0.6 is 0 Å². The van der Waals surface area contributed by atoms with Crippen LogP contribution in [0.5, 0.6) is 0 Å². The second-order valence-electron chi connectivity index (χ2n) is 9.84. The molecule has 0 amide bonds. The molecule has 1 saturated carbocycles. The predicted molar refractivity (Wildman–Crippen MR) is 137 cm³/mol. The molecular formula is C28H37N5. The molecule has 1 aromatic heterocycles. The van der Waals surface area contributed by atoms with Gasteiger partial charge in [-0.1, -0.05) is 42.5 Å². The van der Waals surface area contributed by atoms with Gasteiger partial charge in [0.2, 0.25) is 0 Å². The second-order valence-corrected chi connectivity index (χ2v) is 9.84. The molecule has 1 saturated heterocycles. The summed E-state index contributed by atoms with van der Waals surface area (Å²) in [4.78, 5) is 5.17. The van der Waals surface area contributed by atoms with Gasteiger partial charge in [0.15, 0.2) is 0 Å². The quantitative estimate of drug-likeness (QED) is 0.549. The van der Waals surface area contributed by atoms with E-state index in [1.54, 1.807) is 0 Å². The Kier molecular flexibility index (Phi) is 6.79. The summed E-state index contributed by atoms with van der Waals surface area (Å²) in [6.45, 7) is 7.08. The van der Waals surface area contributed by atoms with Gasteiger partial charge in [0.25, 0.3) is 0 Å². The van der Waals surface area contributed by atoms with E-state index < -0.39 is 0 Å². The van der Waals surface area contributed by atoms with Crippen molar-refractivity contribution < 1.29 is 0 Å². The minimum Gasteiger partial charge on any atom is -0.379 e. The van der Waals surface area contributed by atoms with Crippen molar-refractivity contribution in [2.45, 2.75) is 50.7 Å². The lowest BCUT2D eigenvalue weighted by molar-refractivity contribution is 0.0811. The lowest BCUT2D eigenvalue weighted by Crippen LogP contribution is -2.49. The maximum Gasteiger partial charge on any atom is 0.0923 e. The third-order valence-electron chi connectivity index (χ3n) is 7.57. The number of nitrogens with one attached hydrogen (secondary N) is 1. The number of aromatic nitrogens is 2. The molecule has 5 nitrogen and oxygen atoms in total. The lowest BCUT2D eigenvalue weighted by atomic mass is 9.90. The smallest absolute Gasteiger partial charge is 0.0923 e. The maximum absolute atomic E-state index is 4.97. The summed E-state index contributed by atoms with van der Waals surface area (Å²) >= 11 is 0. The number of hydrogen-bond acceptors (Lipinski definition) is 4. The zero-order valence-electron chi connectivity index (χ0n) is 20.0. The molecule has 33 heavy (non-hydrogen) atoms. The molecular weight excluding hydrogens is 406 g/mol. The van der Waals surface area contributed by atoms with Crippen molar-refractivity contribution in [3.63, 3.8) is 0 Å². The van der Waals surface area contributed by atoms with E-state index in [9.17, 15) is 0 Å². The van der Waals surface area contributed by atoms with Gasteiger partial charge in [0.05, 0.1) is 11.7 Å². The van der Waals surface area contributed by atoms with Crippen molar-refractivity contribution in [3.05, 3.63) is 72.4 Å². The zero-order valence-corrected chi connectivity index (χ0v) is 20.0. The molecule has 1 unspecified atom stereocenters. The minimum absolute atomic E-state index is 0.275. The van der Waals surface area contributed by atoms with Gasteiger partial charge in [-0.2, -0.15) is 5.10 Å². The van der Waals surface area contributed by atoms with E-state index in [0.717, 1.165) is 17.4 Å². The average Bonchev–Trinajstić information content (AvgIpc) is 3.36. The first-order valence-electron chi connectivity index (χ1n) is 12.6. The van der Waals surface area contributed by atoms with Crippen molar-refractivity contribution in [1.29, 1.82) is 0 Å². The first kappa shape index (κ1) is 22.2. The Morgan fingerprint density at radius 1 is 0.818 bits per heavy atom. The van der Waals surface area contributed by atoms with Crippen molar-refractivity contribution in [3.8, 4) is 11.3 Å². The number of piperazine rings is 1. The molecule has 2 heterocycles.